The highest BCUT2D eigenvalue weighted by Crippen LogP contribution is 2.32. The summed E-state index contributed by atoms with van der Waals surface area (Å²) in [7, 11) is 0. The number of halogens is 6. The lowest BCUT2D eigenvalue weighted by atomic mass is 10.1. The summed E-state index contributed by atoms with van der Waals surface area (Å²) in [6, 6.07) is 4.69. The summed E-state index contributed by atoms with van der Waals surface area (Å²) in [5, 5.41) is 15.1. The van der Waals surface area contributed by atoms with Gasteiger partial charge < -0.3 is 15.2 Å². The van der Waals surface area contributed by atoms with Crippen LogP contribution in [0.1, 0.15) is 30.0 Å². The predicted octanol–water partition coefficient (Wildman–Crippen LogP) is 4.06. The van der Waals surface area contributed by atoms with Gasteiger partial charge in [-0.1, -0.05) is 17.7 Å². The molecular formula is C21H18ClF5N4O4. The van der Waals surface area contributed by atoms with Crippen molar-refractivity contribution in [2.75, 3.05) is 5.32 Å². The molecule has 1 heterocycles. The number of carbonyl (C=O) groups excluding carboxylic acids is 1. The topological polar surface area (TPSA) is 98.4 Å². The van der Waals surface area contributed by atoms with Crippen molar-refractivity contribution in [3.63, 3.8) is 0 Å². The van der Waals surface area contributed by atoms with E-state index < -0.39 is 64.8 Å². The Bertz CT molecular complexity index is 1300. The Labute approximate surface area is 199 Å². The zero-order chi connectivity index (χ0) is 26.1. The van der Waals surface area contributed by atoms with Crippen molar-refractivity contribution in [3.8, 4) is 11.4 Å². The first-order valence-electron chi connectivity index (χ1n) is 10.0. The molecule has 1 unspecified atom stereocenters. The molecule has 0 radical (unpaired) electrons. The summed E-state index contributed by atoms with van der Waals surface area (Å²) in [5.74, 6) is -4.29. The quantitative estimate of drug-likeness (QED) is 0.458. The minimum absolute atomic E-state index is 0.0642. The minimum Gasteiger partial charge on any atom is -0.480 e. The number of benzene rings is 2. The fourth-order valence-electron chi connectivity index (χ4n) is 3.06. The summed E-state index contributed by atoms with van der Waals surface area (Å²) in [6.07, 6.45) is -7.30. The number of carbonyl (C=O) groups is 1. The summed E-state index contributed by atoms with van der Waals surface area (Å²) in [4.78, 5) is 25.4. The Morgan fingerprint density at radius 2 is 1.94 bits per heavy atom. The average Bonchev–Trinajstić information content (AvgIpc) is 3.11. The molecule has 0 aliphatic rings. The van der Waals surface area contributed by atoms with Crippen LogP contribution in [0.4, 0.5) is 27.6 Å². The predicted molar refractivity (Wildman–Crippen MR) is 115 cm³/mol. The number of aliphatic hydroxyl groups is 1. The van der Waals surface area contributed by atoms with Crippen LogP contribution < -0.4 is 15.7 Å². The molecule has 188 valence electrons. The number of aromatic nitrogens is 3. The number of hydrogen-bond donors (Lipinski definition) is 2. The first-order valence-corrected chi connectivity index (χ1v) is 10.4. The van der Waals surface area contributed by atoms with Crippen molar-refractivity contribution in [1.29, 1.82) is 0 Å². The summed E-state index contributed by atoms with van der Waals surface area (Å²) in [5.41, 5.74) is -2.74. The van der Waals surface area contributed by atoms with Gasteiger partial charge in [0, 0.05) is 12.6 Å². The van der Waals surface area contributed by atoms with Crippen LogP contribution in [0.3, 0.4) is 0 Å². The number of alkyl halides is 3. The van der Waals surface area contributed by atoms with Crippen LogP contribution in [-0.4, -0.2) is 37.6 Å². The normalized spacial score (nSPS) is 12.5. The molecule has 0 bridgehead atoms. The molecular weight excluding hydrogens is 503 g/mol. The third kappa shape index (κ3) is 5.30. The Balaban J connectivity index is 2.16. The van der Waals surface area contributed by atoms with Crippen LogP contribution in [-0.2, 0) is 13.2 Å². The number of rotatable bonds is 7. The van der Waals surface area contributed by atoms with Gasteiger partial charge in [-0.15, -0.1) is 5.10 Å². The number of aliphatic hydroxyl groups excluding tert-OH is 1. The summed E-state index contributed by atoms with van der Waals surface area (Å²) < 4.78 is 75.1. The van der Waals surface area contributed by atoms with Gasteiger partial charge in [-0.05, 0) is 32.0 Å². The zero-order valence-corrected chi connectivity index (χ0v) is 18.9. The van der Waals surface area contributed by atoms with Gasteiger partial charge in [0.2, 0.25) is 0 Å². The molecule has 1 aromatic heterocycles. The standard InChI is InChI=1S/C21H18ClF5N4O4/c1-3-30-17(9-32)29-31(20(30)34)15-8-16(35-10(2)21(25,26)27)11(7-14(15)24)19(33)28-18-12(22)5-4-6-13(18)23/h4-8,10,32H,3,9H2,1-2H3,(H,28,33). The van der Waals surface area contributed by atoms with E-state index in [2.05, 4.69) is 10.4 Å². The van der Waals surface area contributed by atoms with E-state index in [0.29, 0.717) is 23.7 Å². The van der Waals surface area contributed by atoms with Crippen molar-refractivity contribution in [3.05, 3.63) is 68.9 Å². The second kappa shape index (κ2) is 10.0. The number of nitrogens with zero attached hydrogens (tertiary/aromatic N) is 3. The lowest BCUT2D eigenvalue weighted by Gasteiger charge is -2.20. The molecule has 2 aromatic carbocycles. The first kappa shape index (κ1) is 26.2. The van der Waals surface area contributed by atoms with E-state index in [1.54, 1.807) is 6.92 Å². The highest BCUT2D eigenvalue weighted by atomic mass is 35.5. The Morgan fingerprint density at radius 1 is 1.26 bits per heavy atom. The third-order valence-electron chi connectivity index (χ3n) is 4.88. The van der Waals surface area contributed by atoms with E-state index in [4.69, 9.17) is 16.3 Å². The van der Waals surface area contributed by atoms with Crippen LogP contribution in [0.2, 0.25) is 5.02 Å². The summed E-state index contributed by atoms with van der Waals surface area (Å²) >= 11 is 5.87. The molecule has 14 heteroatoms. The van der Waals surface area contributed by atoms with Gasteiger partial charge in [0.15, 0.2) is 11.9 Å². The van der Waals surface area contributed by atoms with Crippen molar-refractivity contribution < 1.29 is 36.6 Å². The molecule has 35 heavy (non-hydrogen) atoms. The SMILES string of the molecule is CCn1c(CO)nn(-c2cc(OC(C)C(F)(F)F)c(C(=O)Nc3c(F)cccc3Cl)cc2F)c1=O. The lowest BCUT2D eigenvalue weighted by Crippen LogP contribution is -2.32. The van der Waals surface area contributed by atoms with E-state index >= 15 is 4.39 Å². The molecule has 8 nitrogen and oxygen atoms in total. The molecule has 0 aliphatic carbocycles. The van der Waals surface area contributed by atoms with Gasteiger partial charge in [-0.3, -0.25) is 9.36 Å². The summed E-state index contributed by atoms with van der Waals surface area (Å²) in [6.45, 7) is 1.61. The highest BCUT2D eigenvalue weighted by Gasteiger charge is 2.39. The molecule has 3 aromatic rings. The molecule has 0 saturated carbocycles. The smallest absolute Gasteiger partial charge is 0.425 e. The number of nitrogens with one attached hydrogen (secondary N) is 1. The molecule has 3 rings (SSSR count). The molecule has 0 aliphatic heterocycles. The highest BCUT2D eigenvalue weighted by molar-refractivity contribution is 6.34. The van der Waals surface area contributed by atoms with E-state index in [1.807, 2.05) is 0 Å². The Hall–Kier alpha value is -3.45. The van der Waals surface area contributed by atoms with Gasteiger partial charge in [0.05, 0.1) is 16.3 Å². The fourth-order valence-corrected chi connectivity index (χ4v) is 3.27. The number of ether oxygens (including phenoxy) is 1. The van der Waals surface area contributed by atoms with Crippen LogP contribution in [0.15, 0.2) is 35.1 Å². The molecule has 1 amide bonds. The van der Waals surface area contributed by atoms with Crippen molar-refractivity contribution >= 4 is 23.2 Å². The van der Waals surface area contributed by atoms with E-state index in [-0.39, 0.29) is 17.4 Å². The second-order valence-corrected chi connectivity index (χ2v) is 7.57. The van der Waals surface area contributed by atoms with Gasteiger partial charge in [-0.2, -0.15) is 17.9 Å². The second-order valence-electron chi connectivity index (χ2n) is 7.17. The van der Waals surface area contributed by atoms with Crippen molar-refractivity contribution in [1.82, 2.24) is 14.3 Å². The molecule has 0 saturated heterocycles. The Kier molecular flexibility index (Phi) is 7.50. The van der Waals surface area contributed by atoms with Crippen LogP contribution in [0.5, 0.6) is 5.75 Å². The molecule has 2 N–H and O–H groups in total. The Morgan fingerprint density at radius 3 is 2.49 bits per heavy atom. The monoisotopic (exact) mass is 520 g/mol. The van der Waals surface area contributed by atoms with Crippen LogP contribution >= 0.6 is 11.6 Å². The lowest BCUT2D eigenvalue weighted by molar-refractivity contribution is -0.189. The van der Waals surface area contributed by atoms with Gasteiger partial charge >= 0.3 is 11.9 Å². The molecule has 0 spiro atoms. The first-order chi connectivity index (χ1) is 16.4. The van der Waals surface area contributed by atoms with Crippen molar-refractivity contribution in [2.45, 2.75) is 39.3 Å². The molecule has 1 atom stereocenters. The van der Waals surface area contributed by atoms with Crippen molar-refractivity contribution in [2.24, 2.45) is 0 Å². The molecule has 0 fully saturated rings. The number of anilines is 1. The minimum atomic E-state index is -4.86. The fraction of sp³-hybridized carbons (Fsp3) is 0.286. The third-order valence-corrected chi connectivity index (χ3v) is 5.20. The zero-order valence-electron chi connectivity index (χ0n) is 18.2. The van der Waals surface area contributed by atoms with Crippen LogP contribution in [0, 0.1) is 11.6 Å². The van der Waals surface area contributed by atoms with E-state index in [0.717, 1.165) is 10.6 Å². The van der Waals surface area contributed by atoms with E-state index in [1.165, 1.54) is 12.1 Å². The average molecular weight is 521 g/mol. The van der Waals surface area contributed by atoms with Gasteiger partial charge in [-0.25, -0.2) is 13.6 Å². The maximum absolute atomic E-state index is 15.0. The number of para-hydroxylation sites is 1. The maximum Gasteiger partial charge on any atom is 0.425 e. The van der Waals surface area contributed by atoms with Crippen LogP contribution in [0.25, 0.3) is 5.69 Å². The van der Waals surface area contributed by atoms with Gasteiger partial charge in [0.1, 0.15) is 29.7 Å². The largest absolute Gasteiger partial charge is 0.480 e. The number of amides is 1. The maximum atomic E-state index is 15.0. The van der Waals surface area contributed by atoms with Gasteiger partial charge in [0.25, 0.3) is 5.91 Å². The number of hydrogen-bond acceptors (Lipinski definition) is 5. The van der Waals surface area contributed by atoms with E-state index in [9.17, 15) is 32.3 Å².